The third-order valence-corrected chi connectivity index (χ3v) is 3.17. The molecule has 2 rings (SSSR count). The largest absolute Gasteiger partial charge is 0.497 e. The standard InChI is InChI=1S/C16H19NO4/c1-3-21-16(19)15-11(5-4-8-18)9-12-10-13(20-2)6-7-14(12)17-15/h6-7,9-10,18H,3-5,8H2,1-2H3. The summed E-state index contributed by atoms with van der Waals surface area (Å²) in [6, 6.07) is 7.40. The fourth-order valence-electron chi connectivity index (χ4n) is 2.16. The van der Waals surface area contributed by atoms with Crippen LogP contribution in [0.2, 0.25) is 0 Å². The van der Waals surface area contributed by atoms with Gasteiger partial charge in [0.1, 0.15) is 5.75 Å². The van der Waals surface area contributed by atoms with Crippen LogP contribution in [0.5, 0.6) is 5.75 Å². The summed E-state index contributed by atoms with van der Waals surface area (Å²) in [7, 11) is 1.61. The number of nitrogens with zero attached hydrogens (tertiary/aromatic N) is 1. The molecule has 0 aliphatic rings. The molecule has 112 valence electrons. The van der Waals surface area contributed by atoms with E-state index in [4.69, 9.17) is 14.6 Å². The highest BCUT2D eigenvalue weighted by molar-refractivity contribution is 5.93. The van der Waals surface area contributed by atoms with Crippen molar-refractivity contribution in [1.82, 2.24) is 4.98 Å². The van der Waals surface area contributed by atoms with Gasteiger partial charge in [-0.1, -0.05) is 0 Å². The van der Waals surface area contributed by atoms with E-state index in [1.165, 1.54) is 0 Å². The number of aliphatic hydroxyl groups is 1. The van der Waals surface area contributed by atoms with E-state index in [0.717, 1.165) is 16.7 Å². The van der Waals surface area contributed by atoms with Gasteiger partial charge in [-0.15, -0.1) is 0 Å². The number of esters is 1. The lowest BCUT2D eigenvalue weighted by Crippen LogP contribution is -2.11. The van der Waals surface area contributed by atoms with Gasteiger partial charge < -0.3 is 14.6 Å². The summed E-state index contributed by atoms with van der Waals surface area (Å²) in [6.45, 7) is 2.14. The first kappa shape index (κ1) is 15.3. The van der Waals surface area contributed by atoms with Crippen molar-refractivity contribution in [2.45, 2.75) is 19.8 Å². The lowest BCUT2D eigenvalue weighted by molar-refractivity contribution is 0.0518. The molecule has 5 heteroatoms. The summed E-state index contributed by atoms with van der Waals surface area (Å²) < 4.78 is 10.3. The summed E-state index contributed by atoms with van der Waals surface area (Å²) in [5.41, 5.74) is 1.82. The van der Waals surface area contributed by atoms with Gasteiger partial charge in [0.25, 0.3) is 0 Å². The molecule has 0 bridgehead atoms. The van der Waals surface area contributed by atoms with Crippen molar-refractivity contribution in [3.63, 3.8) is 0 Å². The molecule has 0 radical (unpaired) electrons. The van der Waals surface area contributed by atoms with Crippen molar-refractivity contribution in [3.8, 4) is 5.75 Å². The molecule has 0 saturated carbocycles. The zero-order valence-electron chi connectivity index (χ0n) is 12.3. The van der Waals surface area contributed by atoms with Gasteiger partial charge in [0, 0.05) is 12.0 Å². The van der Waals surface area contributed by atoms with Crippen molar-refractivity contribution >= 4 is 16.9 Å². The molecule has 5 nitrogen and oxygen atoms in total. The Bertz CT molecular complexity index is 639. The summed E-state index contributed by atoms with van der Waals surface area (Å²) >= 11 is 0. The number of aryl methyl sites for hydroxylation is 1. The lowest BCUT2D eigenvalue weighted by atomic mass is 10.0. The van der Waals surface area contributed by atoms with Crippen LogP contribution in [0, 0.1) is 0 Å². The first-order valence-electron chi connectivity index (χ1n) is 6.95. The maximum Gasteiger partial charge on any atom is 0.357 e. The van der Waals surface area contributed by atoms with Gasteiger partial charge in [-0.3, -0.25) is 0 Å². The van der Waals surface area contributed by atoms with Gasteiger partial charge in [-0.2, -0.15) is 0 Å². The third-order valence-electron chi connectivity index (χ3n) is 3.17. The first-order chi connectivity index (χ1) is 10.2. The highest BCUT2D eigenvalue weighted by Gasteiger charge is 2.16. The number of carbonyl (C=O) groups excluding carboxylic acids is 1. The van der Waals surface area contributed by atoms with Crippen LogP contribution in [0.4, 0.5) is 0 Å². The average molecular weight is 289 g/mol. The van der Waals surface area contributed by atoms with Gasteiger partial charge in [-0.05, 0) is 49.6 Å². The lowest BCUT2D eigenvalue weighted by Gasteiger charge is -2.10. The zero-order valence-corrected chi connectivity index (χ0v) is 12.3. The second-order valence-electron chi connectivity index (χ2n) is 4.60. The highest BCUT2D eigenvalue weighted by Crippen LogP contribution is 2.23. The molecule has 1 heterocycles. The van der Waals surface area contributed by atoms with E-state index < -0.39 is 5.97 Å². The van der Waals surface area contributed by atoms with E-state index in [0.29, 0.717) is 30.7 Å². The number of fused-ring (bicyclic) bond motifs is 1. The SMILES string of the molecule is CCOC(=O)c1nc2ccc(OC)cc2cc1CCCO. The Morgan fingerprint density at radius 3 is 2.81 bits per heavy atom. The van der Waals surface area contributed by atoms with Crippen LogP contribution in [0.1, 0.15) is 29.4 Å². The van der Waals surface area contributed by atoms with Gasteiger partial charge in [0.2, 0.25) is 0 Å². The van der Waals surface area contributed by atoms with Crippen molar-refractivity contribution < 1.29 is 19.4 Å². The molecule has 1 aromatic heterocycles. The van der Waals surface area contributed by atoms with Gasteiger partial charge >= 0.3 is 5.97 Å². The third kappa shape index (κ3) is 3.49. The molecule has 0 saturated heterocycles. The average Bonchev–Trinajstić information content (AvgIpc) is 2.51. The molecule has 0 spiro atoms. The topological polar surface area (TPSA) is 68.7 Å². The first-order valence-corrected chi connectivity index (χ1v) is 6.95. The summed E-state index contributed by atoms with van der Waals surface area (Å²) in [4.78, 5) is 16.4. The van der Waals surface area contributed by atoms with Crippen LogP contribution in [0.3, 0.4) is 0 Å². The summed E-state index contributed by atoms with van der Waals surface area (Å²) in [5, 5.41) is 9.90. The quantitative estimate of drug-likeness (QED) is 0.827. The van der Waals surface area contributed by atoms with Gasteiger partial charge in [-0.25, -0.2) is 9.78 Å². The number of aromatic nitrogens is 1. The Morgan fingerprint density at radius 1 is 1.33 bits per heavy atom. The van der Waals surface area contributed by atoms with Gasteiger partial charge in [0.15, 0.2) is 5.69 Å². The van der Waals surface area contributed by atoms with Crippen molar-refractivity contribution in [2.75, 3.05) is 20.3 Å². The molecule has 0 atom stereocenters. The number of aliphatic hydroxyl groups excluding tert-OH is 1. The normalized spacial score (nSPS) is 10.6. The minimum Gasteiger partial charge on any atom is -0.497 e. The molecule has 2 aromatic rings. The number of benzene rings is 1. The van der Waals surface area contributed by atoms with E-state index >= 15 is 0 Å². The van der Waals surface area contributed by atoms with E-state index in [-0.39, 0.29) is 6.61 Å². The van der Waals surface area contributed by atoms with Crippen molar-refractivity contribution in [1.29, 1.82) is 0 Å². The van der Waals surface area contributed by atoms with Crippen molar-refractivity contribution in [2.24, 2.45) is 0 Å². The van der Waals surface area contributed by atoms with Crippen LogP contribution in [-0.4, -0.2) is 36.4 Å². The van der Waals surface area contributed by atoms with E-state index in [1.54, 1.807) is 20.1 Å². The molecule has 0 fully saturated rings. The predicted molar refractivity (Wildman–Crippen MR) is 79.7 cm³/mol. The molecule has 0 unspecified atom stereocenters. The van der Waals surface area contributed by atoms with E-state index in [2.05, 4.69) is 4.98 Å². The molecule has 21 heavy (non-hydrogen) atoms. The molecule has 1 aromatic carbocycles. The molecule has 0 aliphatic heterocycles. The zero-order chi connectivity index (χ0) is 15.2. The Morgan fingerprint density at radius 2 is 2.14 bits per heavy atom. The Labute approximate surface area is 123 Å². The van der Waals surface area contributed by atoms with E-state index in [1.807, 2.05) is 18.2 Å². The predicted octanol–water partition coefficient (Wildman–Crippen LogP) is 2.35. The number of hydrogen-bond acceptors (Lipinski definition) is 5. The number of pyridine rings is 1. The summed E-state index contributed by atoms with van der Waals surface area (Å²) in [5.74, 6) is 0.310. The second-order valence-corrected chi connectivity index (χ2v) is 4.60. The second kappa shape index (κ2) is 7.04. The van der Waals surface area contributed by atoms with Crippen LogP contribution in [0.15, 0.2) is 24.3 Å². The smallest absolute Gasteiger partial charge is 0.357 e. The number of hydrogen-bond donors (Lipinski definition) is 1. The fourth-order valence-corrected chi connectivity index (χ4v) is 2.16. The van der Waals surface area contributed by atoms with E-state index in [9.17, 15) is 4.79 Å². The molecule has 0 aliphatic carbocycles. The van der Waals surface area contributed by atoms with Gasteiger partial charge in [0.05, 0.1) is 19.2 Å². The molecular weight excluding hydrogens is 270 g/mol. The molecule has 0 amide bonds. The fraction of sp³-hybridized carbons (Fsp3) is 0.375. The maximum atomic E-state index is 12.0. The maximum absolute atomic E-state index is 12.0. The molecule has 1 N–H and O–H groups in total. The Hall–Kier alpha value is -2.14. The number of carbonyl (C=O) groups is 1. The van der Waals surface area contributed by atoms with Crippen LogP contribution in [-0.2, 0) is 11.2 Å². The minimum absolute atomic E-state index is 0.0679. The summed E-state index contributed by atoms with van der Waals surface area (Å²) in [6.07, 6.45) is 1.15. The van der Waals surface area contributed by atoms with Crippen LogP contribution >= 0.6 is 0 Å². The van der Waals surface area contributed by atoms with Crippen LogP contribution < -0.4 is 4.74 Å². The number of methoxy groups -OCH3 is 1. The van der Waals surface area contributed by atoms with Crippen molar-refractivity contribution in [3.05, 3.63) is 35.5 Å². The van der Waals surface area contributed by atoms with Crippen LogP contribution in [0.25, 0.3) is 10.9 Å². The molecular formula is C16H19NO4. The monoisotopic (exact) mass is 289 g/mol. The minimum atomic E-state index is -0.428. The number of ether oxygens (including phenoxy) is 2. The highest BCUT2D eigenvalue weighted by atomic mass is 16.5. The Balaban J connectivity index is 2.50. The Kier molecular flexibility index (Phi) is 5.11. The number of rotatable bonds is 6.